The van der Waals surface area contributed by atoms with E-state index in [0.717, 1.165) is 57.4 Å². The first-order valence-electron chi connectivity index (χ1n) is 8.63. The van der Waals surface area contributed by atoms with Crippen molar-refractivity contribution in [2.75, 3.05) is 39.3 Å². The number of nitrogens with one attached hydrogen (secondary N) is 1. The van der Waals surface area contributed by atoms with E-state index >= 15 is 0 Å². The Labute approximate surface area is 144 Å². The SMILES string of the molecule is Cc1cccc(CN2CCN(C(=S)NCC3CCCO3)CC2)c1. The summed E-state index contributed by atoms with van der Waals surface area (Å²) in [5.41, 5.74) is 2.73. The van der Waals surface area contributed by atoms with Crippen LogP contribution in [-0.2, 0) is 11.3 Å². The molecule has 2 heterocycles. The number of ether oxygens (including phenoxy) is 1. The molecular formula is C18H27N3OS. The lowest BCUT2D eigenvalue weighted by Crippen LogP contribution is -2.52. The van der Waals surface area contributed by atoms with Crippen LogP contribution in [0.2, 0.25) is 0 Å². The second-order valence-electron chi connectivity index (χ2n) is 6.57. The van der Waals surface area contributed by atoms with E-state index in [1.165, 1.54) is 17.5 Å². The van der Waals surface area contributed by atoms with Crippen molar-refractivity contribution in [3.05, 3.63) is 35.4 Å². The highest BCUT2D eigenvalue weighted by atomic mass is 32.1. The van der Waals surface area contributed by atoms with Crippen LogP contribution in [0, 0.1) is 6.92 Å². The monoisotopic (exact) mass is 333 g/mol. The fourth-order valence-electron chi connectivity index (χ4n) is 3.30. The second kappa shape index (κ2) is 8.08. The van der Waals surface area contributed by atoms with Crippen molar-refractivity contribution in [3.8, 4) is 0 Å². The van der Waals surface area contributed by atoms with E-state index in [9.17, 15) is 0 Å². The summed E-state index contributed by atoms with van der Waals surface area (Å²) >= 11 is 5.53. The fraction of sp³-hybridized carbons (Fsp3) is 0.611. The minimum atomic E-state index is 0.343. The zero-order valence-electron chi connectivity index (χ0n) is 14.0. The number of benzene rings is 1. The van der Waals surface area contributed by atoms with Crippen molar-refractivity contribution in [1.82, 2.24) is 15.1 Å². The molecular weight excluding hydrogens is 306 g/mol. The Kier molecular flexibility index (Phi) is 5.86. The summed E-state index contributed by atoms with van der Waals surface area (Å²) in [4.78, 5) is 4.80. The van der Waals surface area contributed by atoms with Crippen LogP contribution in [0.1, 0.15) is 24.0 Å². The van der Waals surface area contributed by atoms with Crippen LogP contribution in [0.5, 0.6) is 0 Å². The first-order chi connectivity index (χ1) is 11.2. The van der Waals surface area contributed by atoms with Gasteiger partial charge in [-0.25, -0.2) is 0 Å². The second-order valence-corrected chi connectivity index (χ2v) is 6.96. The molecule has 3 rings (SSSR count). The third-order valence-electron chi connectivity index (χ3n) is 4.65. The lowest BCUT2D eigenvalue weighted by atomic mass is 10.1. The van der Waals surface area contributed by atoms with Gasteiger partial charge in [0.15, 0.2) is 5.11 Å². The molecule has 5 heteroatoms. The number of nitrogens with zero attached hydrogens (tertiary/aromatic N) is 2. The van der Waals surface area contributed by atoms with E-state index in [1.54, 1.807) is 0 Å². The number of thiocarbonyl (C=S) groups is 1. The van der Waals surface area contributed by atoms with Gasteiger partial charge in [0.25, 0.3) is 0 Å². The van der Waals surface area contributed by atoms with Crippen LogP contribution in [0.25, 0.3) is 0 Å². The molecule has 1 aromatic rings. The molecule has 0 amide bonds. The highest BCUT2D eigenvalue weighted by Gasteiger charge is 2.20. The predicted molar refractivity (Wildman–Crippen MR) is 97.6 cm³/mol. The van der Waals surface area contributed by atoms with Gasteiger partial charge in [0.1, 0.15) is 0 Å². The Morgan fingerprint density at radius 2 is 2.13 bits per heavy atom. The van der Waals surface area contributed by atoms with Crippen LogP contribution in [0.3, 0.4) is 0 Å². The molecule has 0 radical (unpaired) electrons. The van der Waals surface area contributed by atoms with Gasteiger partial charge in [0.2, 0.25) is 0 Å². The molecule has 126 valence electrons. The van der Waals surface area contributed by atoms with Crippen LogP contribution in [0.15, 0.2) is 24.3 Å². The molecule has 2 aliphatic rings. The maximum atomic E-state index is 5.63. The summed E-state index contributed by atoms with van der Waals surface area (Å²) in [6, 6.07) is 8.79. The highest BCUT2D eigenvalue weighted by molar-refractivity contribution is 7.80. The summed E-state index contributed by atoms with van der Waals surface area (Å²) in [5, 5.41) is 4.27. The summed E-state index contributed by atoms with van der Waals surface area (Å²) in [7, 11) is 0. The van der Waals surface area contributed by atoms with E-state index in [1.807, 2.05) is 0 Å². The Bertz CT molecular complexity index is 523. The van der Waals surface area contributed by atoms with E-state index < -0.39 is 0 Å². The molecule has 0 aromatic heterocycles. The largest absolute Gasteiger partial charge is 0.376 e. The molecule has 0 aliphatic carbocycles. The molecule has 0 spiro atoms. The van der Waals surface area contributed by atoms with Gasteiger partial charge in [-0.15, -0.1) is 0 Å². The van der Waals surface area contributed by atoms with Gasteiger partial charge in [0.05, 0.1) is 6.10 Å². The maximum Gasteiger partial charge on any atom is 0.169 e. The van der Waals surface area contributed by atoms with Gasteiger partial charge in [-0.05, 0) is 37.5 Å². The molecule has 1 atom stereocenters. The van der Waals surface area contributed by atoms with Crippen LogP contribution >= 0.6 is 12.2 Å². The van der Waals surface area contributed by atoms with Crippen LogP contribution in [-0.4, -0.2) is 60.3 Å². The summed E-state index contributed by atoms with van der Waals surface area (Å²) in [6.07, 6.45) is 2.67. The summed E-state index contributed by atoms with van der Waals surface area (Å²) in [6.45, 7) is 9.07. The smallest absolute Gasteiger partial charge is 0.169 e. The van der Waals surface area contributed by atoms with Crippen molar-refractivity contribution in [3.63, 3.8) is 0 Å². The third kappa shape index (κ3) is 4.90. The lowest BCUT2D eigenvalue weighted by molar-refractivity contribution is 0.112. The predicted octanol–water partition coefficient (Wildman–Crippen LogP) is 2.17. The molecule has 1 unspecified atom stereocenters. The standard InChI is InChI=1S/C18H27N3OS/c1-15-4-2-5-16(12-15)14-20-7-9-21(10-8-20)18(23)19-13-17-6-3-11-22-17/h2,4-5,12,17H,3,6-11,13-14H2,1H3,(H,19,23). The third-order valence-corrected chi connectivity index (χ3v) is 5.06. The molecule has 23 heavy (non-hydrogen) atoms. The Morgan fingerprint density at radius 3 is 2.83 bits per heavy atom. The van der Waals surface area contributed by atoms with E-state index in [0.29, 0.717) is 6.10 Å². The lowest BCUT2D eigenvalue weighted by Gasteiger charge is -2.36. The molecule has 2 saturated heterocycles. The van der Waals surface area contributed by atoms with Crippen molar-refractivity contribution in [2.45, 2.75) is 32.4 Å². The molecule has 1 N–H and O–H groups in total. The fourth-order valence-corrected chi connectivity index (χ4v) is 3.56. The normalized spacial score (nSPS) is 22.3. The molecule has 2 aliphatic heterocycles. The number of hydrogen-bond acceptors (Lipinski definition) is 3. The first kappa shape index (κ1) is 16.7. The average molecular weight is 334 g/mol. The maximum absolute atomic E-state index is 5.63. The number of piperazine rings is 1. The Balaban J connectivity index is 1.40. The van der Waals surface area contributed by atoms with Crippen molar-refractivity contribution < 1.29 is 4.74 Å². The van der Waals surface area contributed by atoms with Crippen molar-refractivity contribution >= 4 is 17.3 Å². The van der Waals surface area contributed by atoms with Crippen LogP contribution < -0.4 is 5.32 Å². The Morgan fingerprint density at radius 1 is 1.30 bits per heavy atom. The number of hydrogen-bond donors (Lipinski definition) is 1. The van der Waals surface area contributed by atoms with Gasteiger partial charge in [-0.2, -0.15) is 0 Å². The minimum absolute atomic E-state index is 0.343. The zero-order chi connectivity index (χ0) is 16.1. The summed E-state index contributed by atoms with van der Waals surface area (Å²) < 4.78 is 5.63. The molecule has 1 aromatic carbocycles. The van der Waals surface area contributed by atoms with Gasteiger partial charge < -0.3 is 15.0 Å². The minimum Gasteiger partial charge on any atom is -0.376 e. The van der Waals surface area contributed by atoms with E-state index in [2.05, 4.69) is 46.3 Å². The van der Waals surface area contributed by atoms with Crippen LogP contribution in [0.4, 0.5) is 0 Å². The van der Waals surface area contributed by atoms with E-state index in [-0.39, 0.29) is 0 Å². The van der Waals surface area contributed by atoms with Gasteiger partial charge in [-0.1, -0.05) is 29.8 Å². The summed E-state index contributed by atoms with van der Waals surface area (Å²) in [5.74, 6) is 0. The number of rotatable bonds is 4. The Hall–Kier alpha value is -1.17. The van der Waals surface area contributed by atoms with Gasteiger partial charge in [0, 0.05) is 45.9 Å². The van der Waals surface area contributed by atoms with E-state index in [4.69, 9.17) is 17.0 Å². The quantitative estimate of drug-likeness (QED) is 0.853. The van der Waals surface area contributed by atoms with Gasteiger partial charge >= 0.3 is 0 Å². The molecule has 0 bridgehead atoms. The molecule has 4 nitrogen and oxygen atoms in total. The average Bonchev–Trinajstić information content (AvgIpc) is 3.07. The topological polar surface area (TPSA) is 27.7 Å². The van der Waals surface area contributed by atoms with Crippen molar-refractivity contribution in [2.24, 2.45) is 0 Å². The van der Waals surface area contributed by atoms with Crippen molar-refractivity contribution in [1.29, 1.82) is 0 Å². The molecule has 0 saturated carbocycles. The van der Waals surface area contributed by atoms with Gasteiger partial charge in [-0.3, -0.25) is 4.90 Å². The number of aryl methyl sites for hydroxylation is 1. The molecule has 2 fully saturated rings. The highest BCUT2D eigenvalue weighted by Crippen LogP contribution is 2.12. The zero-order valence-corrected chi connectivity index (χ0v) is 14.8. The first-order valence-corrected chi connectivity index (χ1v) is 9.04.